The van der Waals surface area contributed by atoms with E-state index in [0.29, 0.717) is 25.6 Å². The van der Waals surface area contributed by atoms with Crippen LogP contribution in [0.4, 0.5) is 0 Å². The van der Waals surface area contributed by atoms with Crippen molar-refractivity contribution in [3.05, 3.63) is 139 Å². The predicted molar refractivity (Wildman–Crippen MR) is 165 cm³/mol. The fourth-order valence-electron chi connectivity index (χ4n) is 3.66. The van der Waals surface area contributed by atoms with E-state index in [0.717, 1.165) is 45.3 Å². The summed E-state index contributed by atoms with van der Waals surface area (Å²) in [6, 6.07) is 25.4. The van der Waals surface area contributed by atoms with Gasteiger partial charge in [-0.3, -0.25) is 0 Å². The van der Waals surface area contributed by atoms with Crippen LogP contribution in [-0.2, 0) is 0 Å². The molecule has 3 aromatic carbocycles. The number of ether oxygens (including phenoxy) is 3. The van der Waals surface area contributed by atoms with Crippen LogP contribution in [0, 0.1) is 0 Å². The molecule has 0 aliphatic heterocycles. The highest BCUT2D eigenvalue weighted by Crippen LogP contribution is 2.22. The molecule has 0 saturated heterocycles. The lowest BCUT2D eigenvalue weighted by molar-refractivity contribution is 0.363. The van der Waals surface area contributed by atoms with Crippen LogP contribution in [0.5, 0.6) is 17.2 Å². The van der Waals surface area contributed by atoms with E-state index in [1.54, 1.807) is 18.2 Å². The Morgan fingerprint density at radius 3 is 1.25 bits per heavy atom. The third-order valence-corrected chi connectivity index (χ3v) is 5.64. The summed E-state index contributed by atoms with van der Waals surface area (Å²) in [6.07, 6.45) is 13.2. The van der Waals surface area contributed by atoms with E-state index in [1.165, 1.54) is 0 Å². The lowest BCUT2D eigenvalue weighted by Gasteiger charge is -2.07. The highest BCUT2D eigenvalue weighted by molar-refractivity contribution is 5.74. The molecule has 0 N–H and O–H groups in total. The lowest BCUT2D eigenvalue weighted by Crippen LogP contribution is -1.96. The molecule has 4 aromatic rings. The quantitative estimate of drug-likeness (QED) is 0.155. The standard InChI is InChI=1S/C35H32N2O3/c1-4-23-38-32-17-9-27(10-18-32)7-15-30-26-31(16-8-28-11-19-33(20-12-28)39-24-5-2)37-35(36-30)29-13-21-34(22-14-29)40-25-6-3/h4-22,26H,1-3,23-25H2/b15-7-,16-8-. The van der Waals surface area contributed by atoms with Crippen molar-refractivity contribution in [3.8, 4) is 28.6 Å². The molecule has 0 saturated carbocycles. The Morgan fingerprint density at radius 1 is 0.500 bits per heavy atom. The number of rotatable bonds is 14. The maximum Gasteiger partial charge on any atom is 0.160 e. The third kappa shape index (κ3) is 8.43. The second-order valence-electron chi connectivity index (χ2n) is 8.67. The minimum absolute atomic E-state index is 0.452. The van der Waals surface area contributed by atoms with Gasteiger partial charge < -0.3 is 14.2 Å². The van der Waals surface area contributed by atoms with E-state index >= 15 is 0 Å². The van der Waals surface area contributed by atoms with E-state index in [-0.39, 0.29) is 0 Å². The molecule has 5 heteroatoms. The summed E-state index contributed by atoms with van der Waals surface area (Å²) in [5.74, 6) is 2.99. The average Bonchev–Trinajstić information content (AvgIpc) is 3.01. The first-order chi connectivity index (χ1) is 19.7. The highest BCUT2D eigenvalue weighted by atomic mass is 16.5. The summed E-state index contributed by atoms with van der Waals surface area (Å²) in [4.78, 5) is 9.63. The van der Waals surface area contributed by atoms with Crippen LogP contribution in [0.15, 0.2) is 117 Å². The normalized spacial score (nSPS) is 10.9. The van der Waals surface area contributed by atoms with Crippen molar-refractivity contribution in [1.82, 2.24) is 9.97 Å². The third-order valence-electron chi connectivity index (χ3n) is 5.64. The van der Waals surface area contributed by atoms with E-state index in [1.807, 2.05) is 103 Å². The van der Waals surface area contributed by atoms with Crippen LogP contribution in [0.3, 0.4) is 0 Å². The van der Waals surface area contributed by atoms with Crippen LogP contribution in [-0.4, -0.2) is 29.8 Å². The minimum Gasteiger partial charge on any atom is -0.490 e. The molecule has 0 atom stereocenters. The fourth-order valence-corrected chi connectivity index (χ4v) is 3.66. The van der Waals surface area contributed by atoms with Gasteiger partial charge in [0, 0.05) is 5.56 Å². The van der Waals surface area contributed by atoms with Gasteiger partial charge in [-0.1, -0.05) is 74.4 Å². The van der Waals surface area contributed by atoms with Gasteiger partial charge in [-0.05, 0) is 77.9 Å². The maximum atomic E-state index is 5.62. The van der Waals surface area contributed by atoms with Gasteiger partial charge >= 0.3 is 0 Å². The lowest BCUT2D eigenvalue weighted by atomic mass is 10.1. The molecule has 0 fully saturated rings. The van der Waals surface area contributed by atoms with Crippen LogP contribution in [0.1, 0.15) is 22.5 Å². The molecular formula is C35H32N2O3. The Hall–Kier alpha value is -5.16. The van der Waals surface area contributed by atoms with Crippen molar-refractivity contribution in [2.45, 2.75) is 0 Å². The van der Waals surface area contributed by atoms with Gasteiger partial charge in [0.05, 0.1) is 11.4 Å². The summed E-state index contributed by atoms with van der Waals surface area (Å²) in [7, 11) is 0. The Kier molecular flexibility index (Phi) is 10.2. The van der Waals surface area contributed by atoms with Gasteiger partial charge in [0.2, 0.25) is 0 Å². The topological polar surface area (TPSA) is 53.5 Å². The Balaban J connectivity index is 1.60. The van der Waals surface area contributed by atoms with E-state index in [9.17, 15) is 0 Å². The number of nitrogens with zero attached hydrogens (tertiary/aromatic N) is 2. The molecule has 0 radical (unpaired) electrons. The molecule has 200 valence electrons. The first-order valence-corrected chi connectivity index (χ1v) is 12.9. The average molecular weight is 529 g/mol. The summed E-state index contributed by atoms with van der Waals surface area (Å²) in [5, 5.41) is 0. The largest absolute Gasteiger partial charge is 0.490 e. The van der Waals surface area contributed by atoms with Crippen LogP contribution in [0.2, 0.25) is 0 Å². The maximum absolute atomic E-state index is 5.62. The molecule has 0 bridgehead atoms. The van der Waals surface area contributed by atoms with Crippen molar-refractivity contribution in [1.29, 1.82) is 0 Å². The Bertz CT molecular complexity index is 1390. The first-order valence-electron chi connectivity index (χ1n) is 12.9. The number of aromatic nitrogens is 2. The van der Waals surface area contributed by atoms with E-state index in [2.05, 4.69) is 19.7 Å². The van der Waals surface area contributed by atoms with E-state index < -0.39 is 0 Å². The van der Waals surface area contributed by atoms with Crippen molar-refractivity contribution < 1.29 is 14.2 Å². The zero-order chi connectivity index (χ0) is 28.0. The van der Waals surface area contributed by atoms with Gasteiger partial charge in [-0.25, -0.2) is 9.97 Å². The van der Waals surface area contributed by atoms with E-state index in [4.69, 9.17) is 24.2 Å². The van der Waals surface area contributed by atoms with Crippen molar-refractivity contribution >= 4 is 24.3 Å². The van der Waals surface area contributed by atoms with Gasteiger partial charge in [0.15, 0.2) is 5.82 Å². The number of hydrogen-bond donors (Lipinski definition) is 0. The molecule has 5 nitrogen and oxygen atoms in total. The predicted octanol–water partition coefficient (Wildman–Crippen LogP) is 8.18. The van der Waals surface area contributed by atoms with Gasteiger partial charge in [0.25, 0.3) is 0 Å². The summed E-state index contributed by atoms with van der Waals surface area (Å²) in [6.45, 7) is 12.5. The summed E-state index contributed by atoms with van der Waals surface area (Å²) < 4.78 is 16.8. The molecule has 0 unspecified atom stereocenters. The SMILES string of the molecule is C=CCOc1ccc(/C=C\c2cc(/C=C\c3ccc(OCC=C)cc3)nc(-c3ccc(OCC=C)cc3)n2)cc1. The molecule has 0 aliphatic carbocycles. The minimum atomic E-state index is 0.452. The zero-order valence-electron chi connectivity index (χ0n) is 22.4. The second kappa shape index (κ2) is 14.7. The Labute approximate surface area is 236 Å². The van der Waals surface area contributed by atoms with Crippen molar-refractivity contribution in [2.24, 2.45) is 0 Å². The fraction of sp³-hybridized carbons (Fsp3) is 0.0857. The summed E-state index contributed by atoms with van der Waals surface area (Å²) in [5.41, 5.74) is 4.54. The van der Waals surface area contributed by atoms with Crippen LogP contribution in [0.25, 0.3) is 35.7 Å². The zero-order valence-corrected chi connectivity index (χ0v) is 22.4. The Morgan fingerprint density at radius 2 is 0.875 bits per heavy atom. The molecule has 1 heterocycles. The molecule has 0 aliphatic rings. The van der Waals surface area contributed by atoms with Gasteiger partial charge in [-0.2, -0.15) is 0 Å². The molecule has 0 amide bonds. The molecule has 40 heavy (non-hydrogen) atoms. The molecule has 1 aromatic heterocycles. The van der Waals surface area contributed by atoms with Crippen molar-refractivity contribution in [3.63, 3.8) is 0 Å². The van der Waals surface area contributed by atoms with Gasteiger partial charge in [0.1, 0.15) is 37.1 Å². The molecule has 0 spiro atoms. The monoisotopic (exact) mass is 528 g/mol. The number of benzene rings is 3. The van der Waals surface area contributed by atoms with Crippen LogP contribution < -0.4 is 14.2 Å². The smallest absolute Gasteiger partial charge is 0.160 e. The van der Waals surface area contributed by atoms with Crippen LogP contribution >= 0.6 is 0 Å². The summed E-state index contributed by atoms with van der Waals surface area (Å²) >= 11 is 0. The number of hydrogen-bond acceptors (Lipinski definition) is 5. The second-order valence-corrected chi connectivity index (χ2v) is 8.67. The molecule has 4 rings (SSSR count). The molecular weight excluding hydrogens is 496 g/mol. The highest BCUT2D eigenvalue weighted by Gasteiger charge is 2.06. The van der Waals surface area contributed by atoms with Gasteiger partial charge in [-0.15, -0.1) is 0 Å². The van der Waals surface area contributed by atoms with Crippen molar-refractivity contribution in [2.75, 3.05) is 19.8 Å². The first kappa shape index (κ1) is 27.9.